The molecule has 3 N–H and O–H groups in total. The molecule has 26 heavy (non-hydrogen) atoms. The van der Waals surface area contributed by atoms with Crippen molar-refractivity contribution in [2.75, 3.05) is 19.6 Å². The molecule has 1 aliphatic heterocycles. The summed E-state index contributed by atoms with van der Waals surface area (Å²) in [7, 11) is 0. The number of carbonyl (C=O) groups excluding carboxylic acids is 3. The van der Waals surface area contributed by atoms with Crippen LogP contribution in [0.2, 0.25) is 5.02 Å². The van der Waals surface area contributed by atoms with Gasteiger partial charge in [-0.25, -0.2) is 0 Å². The van der Waals surface area contributed by atoms with E-state index in [1.165, 1.54) is 11.8 Å². The summed E-state index contributed by atoms with van der Waals surface area (Å²) < 4.78 is 0. The summed E-state index contributed by atoms with van der Waals surface area (Å²) in [5, 5.41) is 1.52. The number of hydrogen-bond donors (Lipinski definition) is 2. The number of fused-ring (bicyclic) bond motifs is 1. The minimum Gasteiger partial charge on any atom is -0.368 e. The third-order valence-electron chi connectivity index (χ3n) is 4.88. The van der Waals surface area contributed by atoms with Gasteiger partial charge < -0.3 is 20.5 Å². The molecule has 0 radical (unpaired) electrons. The highest BCUT2D eigenvalue weighted by molar-refractivity contribution is 6.31. The highest BCUT2D eigenvalue weighted by Crippen LogP contribution is 2.26. The van der Waals surface area contributed by atoms with Crippen molar-refractivity contribution in [2.45, 2.75) is 26.3 Å². The van der Waals surface area contributed by atoms with Crippen molar-refractivity contribution in [1.29, 1.82) is 0 Å². The van der Waals surface area contributed by atoms with Crippen LogP contribution in [0.15, 0.2) is 18.2 Å². The minimum atomic E-state index is -0.788. The van der Waals surface area contributed by atoms with E-state index in [2.05, 4.69) is 4.98 Å². The molecule has 1 unspecified atom stereocenters. The summed E-state index contributed by atoms with van der Waals surface area (Å²) in [4.78, 5) is 42.4. The molecule has 1 aromatic carbocycles. The lowest BCUT2D eigenvalue weighted by atomic mass is 10.1. The molecule has 1 atom stereocenters. The summed E-state index contributed by atoms with van der Waals surface area (Å²) in [6.45, 7) is 4.11. The van der Waals surface area contributed by atoms with Crippen LogP contribution >= 0.6 is 11.6 Å². The van der Waals surface area contributed by atoms with Crippen molar-refractivity contribution < 1.29 is 14.4 Å². The van der Waals surface area contributed by atoms with Crippen LogP contribution < -0.4 is 5.73 Å². The van der Waals surface area contributed by atoms with Crippen molar-refractivity contribution in [3.63, 3.8) is 0 Å². The summed E-state index contributed by atoms with van der Waals surface area (Å²) in [5.41, 5.74) is 8.13. The van der Waals surface area contributed by atoms with Crippen LogP contribution in [0.3, 0.4) is 0 Å². The number of nitrogens with one attached hydrogen (secondary N) is 1. The first-order valence-corrected chi connectivity index (χ1v) is 8.76. The van der Waals surface area contributed by atoms with Crippen molar-refractivity contribution in [3.8, 4) is 0 Å². The molecule has 1 saturated heterocycles. The number of primary amides is 1. The first-order valence-electron chi connectivity index (χ1n) is 8.39. The number of hydrogen-bond acceptors (Lipinski definition) is 3. The fraction of sp³-hybridized carbons (Fsp3) is 0.389. The Morgan fingerprint density at radius 2 is 2.04 bits per heavy atom. The van der Waals surface area contributed by atoms with E-state index in [1.807, 2.05) is 19.1 Å². The molecule has 1 fully saturated rings. The number of aryl methyl sites for hydroxylation is 1. The van der Waals surface area contributed by atoms with Crippen LogP contribution in [0, 0.1) is 6.92 Å². The second-order valence-corrected chi connectivity index (χ2v) is 7.00. The van der Waals surface area contributed by atoms with Gasteiger partial charge in [0.25, 0.3) is 0 Å². The van der Waals surface area contributed by atoms with Crippen molar-refractivity contribution in [1.82, 2.24) is 14.8 Å². The first kappa shape index (κ1) is 18.3. The van der Waals surface area contributed by atoms with Crippen LogP contribution in [0.1, 0.15) is 18.2 Å². The molecule has 0 spiro atoms. The fourth-order valence-corrected chi connectivity index (χ4v) is 3.65. The van der Waals surface area contributed by atoms with Gasteiger partial charge in [-0.15, -0.1) is 0 Å². The molecule has 138 valence electrons. The van der Waals surface area contributed by atoms with Crippen LogP contribution in [0.25, 0.3) is 10.9 Å². The Morgan fingerprint density at radius 1 is 1.31 bits per heavy atom. The second-order valence-electron chi connectivity index (χ2n) is 6.57. The molecule has 2 aromatic rings. The van der Waals surface area contributed by atoms with Gasteiger partial charge in [0.05, 0.1) is 13.0 Å². The van der Waals surface area contributed by atoms with E-state index in [0.29, 0.717) is 18.1 Å². The third kappa shape index (κ3) is 3.39. The predicted molar refractivity (Wildman–Crippen MR) is 98.7 cm³/mol. The maximum absolute atomic E-state index is 12.8. The number of aromatic amines is 1. The summed E-state index contributed by atoms with van der Waals surface area (Å²) >= 11 is 6.09. The number of amides is 3. The molecule has 3 amide bonds. The van der Waals surface area contributed by atoms with Crippen LogP contribution in [-0.2, 0) is 20.8 Å². The van der Waals surface area contributed by atoms with Gasteiger partial charge in [0.15, 0.2) is 0 Å². The van der Waals surface area contributed by atoms with Crippen molar-refractivity contribution in [3.05, 3.63) is 34.5 Å². The van der Waals surface area contributed by atoms with E-state index >= 15 is 0 Å². The molecule has 0 aliphatic carbocycles. The Bertz CT molecular complexity index is 892. The molecule has 0 saturated carbocycles. The van der Waals surface area contributed by atoms with Gasteiger partial charge in [-0.2, -0.15) is 0 Å². The fourth-order valence-electron chi connectivity index (χ4n) is 3.48. The summed E-state index contributed by atoms with van der Waals surface area (Å²) in [6, 6.07) is 4.73. The average Bonchev–Trinajstić information content (AvgIpc) is 2.89. The molecule has 3 rings (SSSR count). The van der Waals surface area contributed by atoms with Gasteiger partial charge >= 0.3 is 0 Å². The van der Waals surface area contributed by atoms with Gasteiger partial charge in [-0.05, 0) is 30.7 Å². The van der Waals surface area contributed by atoms with E-state index in [4.69, 9.17) is 17.3 Å². The normalized spacial score (nSPS) is 17.6. The molecule has 0 bridgehead atoms. The number of nitrogens with zero attached hydrogens (tertiary/aromatic N) is 2. The van der Waals surface area contributed by atoms with Gasteiger partial charge in [0.1, 0.15) is 6.04 Å². The molecule has 2 heterocycles. The van der Waals surface area contributed by atoms with E-state index in [1.54, 1.807) is 11.0 Å². The summed E-state index contributed by atoms with van der Waals surface area (Å²) in [5.74, 6) is -0.931. The standard InChI is InChI=1S/C18H21ClN4O3/c1-10-13(14-7-12(19)3-4-15(14)21-10)8-17(25)22-5-6-23(11(2)24)16(9-22)18(20)26/h3-4,7,16,21H,5-6,8-9H2,1-2H3,(H2,20,26). The Balaban J connectivity index is 1.81. The molecular formula is C18H21ClN4O3. The number of piperazine rings is 1. The SMILES string of the molecule is CC(=O)N1CCN(C(=O)Cc2c(C)[nH]c3ccc(Cl)cc23)CC1C(N)=O. The Kier molecular flexibility index (Phi) is 4.91. The lowest BCUT2D eigenvalue weighted by Gasteiger charge is -2.39. The van der Waals surface area contributed by atoms with E-state index < -0.39 is 11.9 Å². The van der Waals surface area contributed by atoms with Gasteiger partial charge in [0, 0.05) is 41.6 Å². The van der Waals surface area contributed by atoms with Crippen LogP contribution in [0.4, 0.5) is 0 Å². The van der Waals surface area contributed by atoms with E-state index in [9.17, 15) is 14.4 Å². The van der Waals surface area contributed by atoms with Gasteiger partial charge in [-0.3, -0.25) is 14.4 Å². The number of H-pyrrole nitrogens is 1. The third-order valence-corrected chi connectivity index (χ3v) is 5.11. The number of aromatic nitrogens is 1. The quantitative estimate of drug-likeness (QED) is 0.842. The van der Waals surface area contributed by atoms with Gasteiger partial charge in [-0.1, -0.05) is 11.6 Å². The second kappa shape index (κ2) is 6.99. The monoisotopic (exact) mass is 376 g/mol. The number of nitrogens with two attached hydrogens (primary N) is 1. The number of carbonyl (C=O) groups is 3. The lowest BCUT2D eigenvalue weighted by molar-refractivity contribution is -0.146. The average molecular weight is 377 g/mol. The first-order chi connectivity index (χ1) is 12.3. The summed E-state index contributed by atoms with van der Waals surface area (Å²) in [6.07, 6.45) is 0.192. The lowest BCUT2D eigenvalue weighted by Crippen LogP contribution is -2.60. The van der Waals surface area contributed by atoms with Gasteiger partial charge in [0.2, 0.25) is 17.7 Å². The highest BCUT2D eigenvalue weighted by Gasteiger charge is 2.34. The molecular weight excluding hydrogens is 356 g/mol. The highest BCUT2D eigenvalue weighted by atomic mass is 35.5. The smallest absolute Gasteiger partial charge is 0.242 e. The number of rotatable bonds is 3. The Hall–Kier alpha value is -2.54. The predicted octanol–water partition coefficient (Wildman–Crippen LogP) is 1.22. The maximum atomic E-state index is 12.8. The zero-order chi connectivity index (χ0) is 19.0. The number of halogens is 1. The van der Waals surface area contributed by atoms with Crippen molar-refractivity contribution in [2.24, 2.45) is 5.73 Å². The molecule has 8 heteroatoms. The van der Waals surface area contributed by atoms with E-state index in [-0.39, 0.29) is 24.8 Å². The molecule has 7 nitrogen and oxygen atoms in total. The molecule has 1 aliphatic rings. The van der Waals surface area contributed by atoms with E-state index in [0.717, 1.165) is 22.2 Å². The Morgan fingerprint density at radius 3 is 2.69 bits per heavy atom. The molecule has 1 aromatic heterocycles. The Labute approximate surface area is 156 Å². The van der Waals surface area contributed by atoms with Crippen LogP contribution in [0.5, 0.6) is 0 Å². The maximum Gasteiger partial charge on any atom is 0.242 e. The number of benzene rings is 1. The zero-order valence-corrected chi connectivity index (χ0v) is 15.5. The van der Waals surface area contributed by atoms with Crippen LogP contribution in [-0.4, -0.2) is 58.2 Å². The largest absolute Gasteiger partial charge is 0.368 e. The zero-order valence-electron chi connectivity index (χ0n) is 14.7. The minimum absolute atomic E-state index is 0.108. The topological polar surface area (TPSA) is 99.5 Å². The van der Waals surface area contributed by atoms with Crippen molar-refractivity contribution >= 4 is 40.2 Å².